The Morgan fingerprint density at radius 1 is 1.08 bits per heavy atom. The number of halogens is 1. The van der Waals surface area contributed by atoms with Gasteiger partial charge in [-0.15, -0.1) is 0 Å². The topological polar surface area (TPSA) is 76.5 Å². The highest BCUT2D eigenvalue weighted by molar-refractivity contribution is 6.30. The Morgan fingerprint density at radius 2 is 1.75 bits per heavy atom. The molecule has 7 nitrogen and oxygen atoms in total. The van der Waals surface area contributed by atoms with Gasteiger partial charge in [0.15, 0.2) is 0 Å². The highest BCUT2D eigenvalue weighted by Gasteiger charge is 2.23. The standard InChI is InChI=1S/C28H35ClN4O3/c1-20(2)16-32(27(35)19-36-18-21-9-7-6-8-10-21)17-26(34)30-25-15-24(28(3,4)5)31-33(25)23-13-11-22(29)12-14-23/h6-15,20H,16-19H2,1-5H3,(H,30,34). The molecule has 1 N–H and O–H groups in total. The average molecular weight is 511 g/mol. The molecule has 0 aliphatic rings. The summed E-state index contributed by atoms with van der Waals surface area (Å²) in [7, 11) is 0. The molecule has 36 heavy (non-hydrogen) atoms. The van der Waals surface area contributed by atoms with Crippen LogP contribution in [0.5, 0.6) is 0 Å². The minimum Gasteiger partial charge on any atom is -0.367 e. The molecule has 0 aliphatic heterocycles. The summed E-state index contributed by atoms with van der Waals surface area (Å²) in [6.45, 7) is 10.8. The molecule has 192 valence electrons. The van der Waals surface area contributed by atoms with Crippen LogP contribution in [0.15, 0.2) is 60.7 Å². The van der Waals surface area contributed by atoms with E-state index in [0.29, 0.717) is 24.0 Å². The summed E-state index contributed by atoms with van der Waals surface area (Å²) in [4.78, 5) is 27.5. The van der Waals surface area contributed by atoms with Crippen LogP contribution in [0.25, 0.3) is 5.69 Å². The number of hydrogen-bond donors (Lipinski definition) is 1. The van der Waals surface area contributed by atoms with E-state index < -0.39 is 0 Å². The number of rotatable bonds is 10. The zero-order valence-electron chi connectivity index (χ0n) is 21.6. The van der Waals surface area contributed by atoms with Crippen LogP contribution in [-0.2, 0) is 26.3 Å². The third-order valence-electron chi connectivity index (χ3n) is 5.43. The van der Waals surface area contributed by atoms with Crippen molar-refractivity contribution in [3.8, 4) is 5.69 Å². The lowest BCUT2D eigenvalue weighted by atomic mass is 9.92. The van der Waals surface area contributed by atoms with Crippen molar-refractivity contribution < 1.29 is 14.3 Å². The molecule has 1 heterocycles. The van der Waals surface area contributed by atoms with Gasteiger partial charge in [-0.3, -0.25) is 9.59 Å². The largest absolute Gasteiger partial charge is 0.367 e. The Balaban J connectivity index is 1.71. The molecule has 3 aromatic rings. The SMILES string of the molecule is CC(C)CN(CC(=O)Nc1cc(C(C)(C)C)nn1-c1ccc(Cl)cc1)C(=O)COCc1ccccc1. The van der Waals surface area contributed by atoms with Gasteiger partial charge in [0.2, 0.25) is 11.8 Å². The summed E-state index contributed by atoms with van der Waals surface area (Å²) in [6, 6.07) is 18.8. The van der Waals surface area contributed by atoms with Crippen LogP contribution in [0.4, 0.5) is 5.82 Å². The number of aromatic nitrogens is 2. The zero-order valence-corrected chi connectivity index (χ0v) is 22.4. The maximum atomic E-state index is 13.1. The van der Waals surface area contributed by atoms with Crippen molar-refractivity contribution in [3.63, 3.8) is 0 Å². The number of hydrogen-bond acceptors (Lipinski definition) is 4. The van der Waals surface area contributed by atoms with Crippen molar-refractivity contribution in [3.05, 3.63) is 76.9 Å². The maximum Gasteiger partial charge on any atom is 0.249 e. The first kappa shape index (κ1) is 27.4. The van der Waals surface area contributed by atoms with Gasteiger partial charge < -0.3 is 15.0 Å². The number of ether oxygens (including phenoxy) is 1. The monoisotopic (exact) mass is 510 g/mol. The number of carbonyl (C=O) groups is 2. The van der Waals surface area contributed by atoms with Crippen LogP contribution in [0, 0.1) is 5.92 Å². The molecular formula is C28H35ClN4O3. The van der Waals surface area contributed by atoms with Crippen molar-refractivity contribution >= 4 is 29.2 Å². The van der Waals surface area contributed by atoms with Crippen LogP contribution in [0.3, 0.4) is 0 Å². The smallest absolute Gasteiger partial charge is 0.249 e. The van der Waals surface area contributed by atoms with E-state index in [-0.39, 0.29) is 36.3 Å². The molecule has 3 rings (SSSR count). The molecule has 0 saturated heterocycles. The molecule has 2 aromatic carbocycles. The lowest BCUT2D eigenvalue weighted by molar-refractivity contribution is -0.139. The van der Waals surface area contributed by atoms with Crippen LogP contribution >= 0.6 is 11.6 Å². The van der Waals surface area contributed by atoms with Gasteiger partial charge in [0.05, 0.1) is 24.5 Å². The van der Waals surface area contributed by atoms with Crippen LogP contribution in [-0.4, -0.2) is 46.2 Å². The van der Waals surface area contributed by atoms with E-state index in [1.807, 2.05) is 62.4 Å². The highest BCUT2D eigenvalue weighted by Crippen LogP contribution is 2.27. The quantitative estimate of drug-likeness (QED) is 0.392. The fourth-order valence-corrected chi connectivity index (χ4v) is 3.71. The fourth-order valence-electron chi connectivity index (χ4n) is 3.59. The molecule has 0 unspecified atom stereocenters. The van der Waals surface area contributed by atoms with Gasteiger partial charge in [0, 0.05) is 23.0 Å². The summed E-state index contributed by atoms with van der Waals surface area (Å²) in [6.07, 6.45) is 0. The van der Waals surface area contributed by atoms with Gasteiger partial charge in [0.25, 0.3) is 0 Å². The van der Waals surface area contributed by atoms with E-state index in [2.05, 4.69) is 26.1 Å². The van der Waals surface area contributed by atoms with Gasteiger partial charge >= 0.3 is 0 Å². The molecule has 2 amide bonds. The summed E-state index contributed by atoms with van der Waals surface area (Å²) >= 11 is 6.05. The number of benzene rings is 2. The van der Waals surface area contributed by atoms with E-state index >= 15 is 0 Å². The second-order valence-electron chi connectivity index (χ2n) is 10.2. The predicted molar refractivity (Wildman–Crippen MR) is 143 cm³/mol. The molecule has 0 radical (unpaired) electrons. The molecular weight excluding hydrogens is 476 g/mol. The van der Waals surface area contributed by atoms with Crippen molar-refractivity contribution in [2.75, 3.05) is 25.0 Å². The van der Waals surface area contributed by atoms with E-state index in [9.17, 15) is 9.59 Å². The number of carbonyl (C=O) groups excluding carboxylic acids is 2. The Labute approximate surface area is 218 Å². The normalized spacial score (nSPS) is 11.5. The Kier molecular flexibility index (Phi) is 9.29. The summed E-state index contributed by atoms with van der Waals surface area (Å²) < 4.78 is 7.31. The van der Waals surface area contributed by atoms with E-state index in [4.69, 9.17) is 21.4 Å². The fraction of sp³-hybridized carbons (Fsp3) is 0.393. The first-order chi connectivity index (χ1) is 17.0. The first-order valence-corrected chi connectivity index (χ1v) is 12.5. The number of nitrogens with one attached hydrogen (secondary N) is 1. The van der Waals surface area contributed by atoms with Gasteiger partial charge in [-0.2, -0.15) is 5.10 Å². The molecule has 8 heteroatoms. The molecule has 0 aliphatic carbocycles. The Hall–Kier alpha value is -3.16. The zero-order chi connectivity index (χ0) is 26.3. The Bertz CT molecular complexity index is 1150. The lowest BCUT2D eigenvalue weighted by Gasteiger charge is -2.24. The molecule has 0 saturated carbocycles. The van der Waals surface area contributed by atoms with E-state index in [1.165, 1.54) is 0 Å². The van der Waals surface area contributed by atoms with Crippen molar-refractivity contribution in [1.82, 2.24) is 14.7 Å². The summed E-state index contributed by atoms with van der Waals surface area (Å²) in [5.41, 5.74) is 2.38. The predicted octanol–water partition coefficient (Wildman–Crippen LogP) is 5.46. The van der Waals surface area contributed by atoms with E-state index in [0.717, 1.165) is 16.9 Å². The minimum atomic E-state index is -0.303. The second-order valence-corrected chi connectivity index (χ2v) is 10.7. The average Bonchev–Trinajstić information content (AvgIpc) is 3.23. The summed E-state index contributed by atoms with van der Waals surface area (Å²) in [5, 5.41) is 8.29. The highest BCUT2D eigenvalue weighted by atomic mass is 35.5. The molecule has 0 spiro atoms. The van der Waals surface area contributed by atoms with Crippen LogP contribution < -0.4 is 5.32 Å². The third-order valence-corrected chi connectivity index (χ3v) is 5.68. The Morgan fingerprint density at radius 3 is 2.36 bits per heavy atom. The van der Waals surface area contributed by atoms with Gasteiger partial charge in [0.1, 0.15) is 12.4 Å². The summed E-state index contributed by atoms with van der Waals surface area (Å²) in [5.74, 6) is 0.200. The van der Waals surface area contributed by atoms with Crippen LogP contribution in [0.1, 0.15) is 45.9 Å². The number of anilines is 1. The molecule has 0 atom stereocenters. The van der Waals surface area contributed by atoms with Gasteiger partial charge in [-0.1, -0.05) is 76.6 Å². The van der Waals surface area contributed by atoms with Crippen molar-refractivity contribution in [2.24, 2.45) is 5.92 Å². The first-order valence-electron chi connectivity index (χ1n) is 12.1. The van der Waals surface area contributed by atoms with Gasteiger partial charge in [-0.05, 0) is 35.7 Å². The molecule has 1 aromatic heterocycles. The second kappa shape index (κ2) is 12.2. The van der Waals surface area contributed by atoms with Gasteiger partial charge in [-0.25, -0.2) is 4.68 Å². The lowest BCUT2D eigenvalue weighted by Crippen LogP contribution is -2.42. The number of nitrogens with zero attached hydrogens (tertiary/aromatic N) is 3. The number of amides is 2. The molecule has 0 bridgehead atoms. The minimum absolute atomic E-state index is 0.0810. The van der Waals surface area contributed by atoms with Crippen molar-refractivity contribution in [1.29, 1.82) is 0 Å². The molecule has 0 fully saturated rings. The third kappa shape index (κ3) is 7.93. The maximum absolute atomic E-state index is 13.1. The van der Waals surface area contributed by atoms with Crippen LogP contribution in [0.2, 0.25) is 5.02 Å². The van der Waals surface area contributed by atoms with E-state index in [1.54, 1.807) is 21.7 Å². The van der Waals surface area contributed by atoms with Crippen molar-refractivity contribution in [2.45, 2.75) is 46.6 Å².